The first-order valence-corrected chi connectivity index (χ1v) is 12.3. The van der Waals surface area contributed by atoms with Crippen molar-refractivity contribution in [2.75, 3.05) is 18.1 Å². The molecule has 7 nitrogen and oxygen atoms in total. The monoisotopic (exact) mass is 395 g/mol. The second-order valence-electron chi connectivity index (χ2n) is 6.29. The van der Waals surface area contributed by atoms with E-state index >= 15 is 0 Å². The van der Waals surface area contributed by atoms with Crippen molar-refractivity contribution in [3.8, 4) is 0 Å². The third-order valence-corrected chi connectivity index (χ3v) is 9.35. The van der Waals surface area contributed by atoms with Gasteiger partial charge < -0.3 is 0 Å². The minimum atomic E-state index is -3.90. The summed E-state index contributed by atoms with van der Waals surface area (Å²) in [6.07, 6.45) is 0.0350. The van der Waals surface area contributed by atoms with E-state index in [4.69, 9.17) is 0 Å². The zero-order chi connectivity index (χ0) is 18.2. The summed E-state index contributed by atoms with van der Waals surface area (Å²) in [6, 6.07) is 5.04. The molecule has 0 aliphatic carbocycles. The van der Waals surface area contributed by atoms with Crippen LogP contribution in [0.4, 0.5) is 0 Å². The molecule has 1 saturated heterocycles. The van der Waals surface area contributed by atoms with E-state index in [-0.39, 0.29) is 34.4 Å². The van der Waals surface area contributed by atoms with Crippen molar-refractivity contribution in [1.29, 1.82) is 0 Å². The lowest BCUT2D eigenvalue weighted by Crippen LogP contribution is -2.28. The van der Waals surface area contributed by atoms with Gasteiger partial charge >= 0.3 is 0 Å². The quantitative estimate of drug-likeness (QED) is 0.754. The molecule has 0 radical (unpaired) electrons. The van der Waals surface area contributed by atoms with Crippen molar-refractivity contribution in [2.24, 2.45) is 5.92 Å². The molecular weight excluding hydrogens is 374 g/mol. The second kappa shape index (κ2) is 6.74. The van der Waals surface area contributed by atoms with E-state index < -0.39 is 40.7 Å². The molecule has 0 amide bonds. The first-order chi connectivity index (χ1) is 10.9. The number of hydrogen-bond donors (Lipinski definition) is 1. The topological polar surface area (TPSA) is 114 Å². The molecule has 1 unspecified atom stereocenters. The summed E-state index contributed by atoms with van der Waals surface area (Å²) < 4.78 is 75.1. The van der Waals surface area contributed by atoms with Crippen LogP contribution < -0.4 is 4.72 Å². The normalized spacial score (nSPS) is 21.2. The van der Waals surface area contributed by atoms with E-state index in [9.17, 15) is 25.3 Å². The van der Waals surface area contributed by atoms with Gasteiger partial charge in [0, 0.05) is 6.54 Å². The lowest BCUT2D eigenvalue weighted by atomic mass is 10.2. The third-order valence-electron chi connectivity index (χ3n) is 3.76. The van der Waals surface area contributed by atoms with Crippen LogP contribution in [0.5, 0.6) is 0 Å². The van der Waals surface area contributed by atoms with Gasteiger partial charge in [-0.3, -0.25) is 0 Å². The summed E-state index contributed by atoms with van der Waals surface area (Å²) in [4.78, 5) is -0.317. The zero-order valence-electron chi connectivity index (χ0n) is 13.5. The molecule has 0 saturated carbocycles. The molecule has 1 aliphatic rings. The lowest BCUT2D eigenvalue weighted by molar-refractivity contribution is 0.559. The number of sulfone groups is 2. The van der Waals surface area contributed by atoms with Gasteiger partial charge in [-0.25, -0.2) is 30.0 Å². The maximum absolute atomic E-state index is 12.6. The highest BCUT2D eigenvalue weighted by atomic mass is 32.2. The largest absolute Gasteiger partial charge is 0.240 e. The molecular formula is C14H21NO6S3. The predicted octanol–water partition coefficient (Wildman–Crippen LogP) is 0.582. The van der Waals surface area contributed by atoms with Crippen molar-refractivity contribution in [3.05, 3.63) is 24.3 Å². The van der Waals surface area contributed by atoms with Gasteiger partial charge in [-0.1, -0.05) is 19.9 Å². The Labute approximate surface area is 143 Å². The molecule has 1 N–H and O–H groups in total. The Bertz CT molecular complexity index is 917. The van der Waals surface area contributed by atoms with Gasteiger partial charge in [0.2, 0.25) is 10.0 Å². The summed E-state index contributed by atoms with van der Waals surface area (Å²) in [5.74, 6) is -0.474. The average molecular weight is 396 g/mol. The second-order valence-corrected chi connectivity index (χ2v) is 12.5. The summed E-state index contributed by atoms with van der Waals surface area (Å²) in [5.41, 5.74) is 0. The minimum absolute atomic E-state index is 0.0350. The Hall–Kier alpha value is -0.970. The van der Waals surface area contributed by atoms with E-state index in [1.54, 1.807) is 0 Å². The van der Waals surface area contributed by atoms with E-state index in [1.165, 1.54) is 18.2 Å². The molecule has 1 aliphatic heterocycles. The number of hydrogen-bond acceptors (Lipinski definition) is 6. The van der Waals surface area contributed by atoms with Crippen molar-refractivity contribution >= 4 is 29.7 Å². The van der Waals surface area contributed by atoms with Crippen molar-refractivity contribution in [1.82, 2.24) is 4.72 Å². The molecule has 1 heterocycles. The van der Waals surface area contributed by atoms with Gasteiger partial charge in [0.1, 0.15) is 0 Å². The highest BCUT2D eigenvalue weighted by Crippen LogP contribution is 2.26. The van der Waals surface area contributed by atoms with Crippen LogP contribution in [-0.4, -0.2) is 48.6 Å². The van der Waals surface area contributed by atoms with Gasteiger partial charge in [0.25, 0.3) is 0 Å². The number of rotatable bonds is 6. The van der Waals surface area contributed by atoms with Gasteiger partial charge in [0.15, 0.2) is 19.7 Å². The van der Waals surface area contributed by atoms with Crippen molar-refractivity contribution < 1.29 is 25.3 Å². The highest BCUT2D eigenvalue weighted by Gasteiger charge is 2.38. The fourth-order valence-corrected chi connectivity index (χ4v) is 8.11. The average Bonchev–Trinajstić information content (AvgIpc) is 2.86. The number of benzene rings is 1. The molecule has 24 heavy (non-hydrogen) atoms. The van der Waals surface area contributed by atoms with Crippen LogP contribution in [0.3, 0.4) is 0 Å². The first kappa shape index (κ1) is 19.4. The Morgan fingerprint density at radius 3 is 2.33 bits per heavy atom. The van der Waals surface area contributed by atoms with Crippen LogP contribution in [0.1, 0.15) is 20.3 Å². The van der Waals surface area contributed by atoms with Crippen molar-refractivity contribution in [3.63, 3.8) is 0 Å². The number of nitrogens with one attached hydrogen (secondary N) is 1. The molecule has 10 heteroatoms. The van der Waals surface area contributed by atoms with Crippen LogP contribution in [-0.2, 0) is 29.7 Å². The minimum Gasteiger partial charge on any atom is -0.229 e. The van der Waals surface area contributed by atoms with E-state index in [0.717, 1.165) is 6.07 Å². The van der Waals surface area contributed by atoms with Crippen molar-refractivity contribution in [2.45, 2.75) is 35.3 Å². The SMILES string of the molecule is CC(C)CNS(=O)(=O)c1cccc(S(=O)(=O)C2CCS(=O)(=O)C2)c1. The van der Waals surface area contributed by atoms with E-state index in [0.29, 0.717) is 0 Å². The molecule has 1 aromatic carbocycles. The lowest BCUT2D eigenvalue weighted by Gasteiger charge is -2.12. The maximum atomic E-state index is 12.6. The summed E-state index contributed by atoms with van der Waals surface area (Å²) in [6.45, 7) is 3.94. The van der Waals surface area contributed by atoms with E-state index in [2.05, 4.69) is 4.72 Å². The Morgan fingerprint density at radius 1 is 1.17 bits per heavy atom. The van der Waals surface area contributed by atoms with E-state index in [1.807, 2.05) is 13.8 Å². The predicted molar refractivity (Wildman–Crippen MR) is 90.7 cm³/mol. The molecule has 0 spiro atoms. The van der Waals surface area contributed by atoms with Gasteiger partial charge in [-0.2, -0.15) is 0 Å². The fraction of sp³-hybridized carbons (Fsp3) is 0.571. The molecule has 136 valence electrons. The molecule has 0 bridgehead atoms. The van der Waals surface area contributed by atoms with Gasteiger partial charge in [-0.05, 0) is 30.5 Å². The smallest absolute Gasteiger partial charge is 0.229 e. The molecule has 1 fully saturated rings. The third kappa shape index (κ3) is 4.35. The summed E-state index contributed by atoms with van der Waals surface area (Å²) in [7, 11) is -11.1. The zero-order valence-corrected chi connectivity index (χ0v) is 15.9. The van der Waals surface area contributed by atoms with Gasteiger partial charge in [0.05, 0.1) is 26.5 Å². The van der Waals surface area contributed by atoms with Crippen LogP contribution in [0.25, 0.3) is 0 Å². The molecule has 1 atom stereocenters. The number of sulfonamides is 1. The summed E-state index contributed by atoms with van der Waals surface area (Å²) >= 11 is 0. The summed E-state index contributed by atoms with van der Waals surface area (Å²) in [5, 5.41) is -1.02. The molecule has 2 rings (SSSR count). The molecule has 1 aromatic rings. The van der Waals surface area contributed by atoms with Crippen LogP contribution in [0.15, 0.2) is 34.1 Å². The molecule has 0 aromatic heterocycles. The Balaban J connectivity index is 2.34. The Kier molecular flexibility index (Phi) is 5.43. The van der Waals surface area contributed by atoms with Crippen LogP contribution >= 0.6 is 0 Å². The van der Waals surface area contributed by atoms with Gasteiger partial charge in [-0.15, -0.1) is 0 Å². The highest BCUT2D eigenvalue weighted by molar-refractivity contribution is 7.96. The maximum Gasteiger partial charge on any atom is 0.240 e. The standard InChI is InChI=1S/C14H21NO6S3/c1-11(2)9-15-24(20,21)13-5-3-4-12(8-13)23(18,19)14-6-7-22(16,17)10-14/h3-5,8,11,14-15H,6-7,9-10H2,1-2H3. The van der Waals surface area contributed by atoms with Crippen LogP contribution in [0.2, 0.25) is 0 Å². The Morgan fingerprint density at radius 2 is 1.79 bits per heavy atom. The fourth-order valence-electron chi connectivity index (χ4n) is 2.38. The van der Waals surface area contributed by atoms with Crippen LogP contribution in [0, 0.1) is 5.92 Å². The first-order valence-electron chi connectivity index (χ1n) is 7.48.